The summed E-state index contributed by atoms with van der Waals surface area (Å²) in [5.41, 5.74) is 5.77. The van der Waals surface area contributed by atoms with Crippen LogP contribution < -0.4 is 10.6 Å². The van der Waals surface area contributed by atoms with Gasteiger partial charge in [-0.15, -0.1) is 0 Å². The number of nitrogens with zero attached hydrogens (tertiary/aromatic N) is 4. The van der Waals surface area contributed by atoms with Crippen LogP contribution in [0.3, 0.4) is 0 Å². The van der Waals surface area contributed by atoms with Crippen LogP contribution in [0.25, 0.3) is 0 Å². The molecule has 0 aromatic carbocycles. The summed E-state index contributed by atoms with van der Waals surface area (Å²) in [7, 11) is 1.78. The molecule has 7 nitrogen and oxygen atoms in total. The van der Waals surface area contributed by atoms with E-state index in [2.05, 4.69) is 23.8 Å². The third kappa shape index (κ3) is 3.06. The molecular weight excluding hydrogens is 234 g/mol. The summed E-state index contributed by atoms with van der Waals surface area (Å²) in [5, 5.41) is 11.1. The van der Waals surface area contributed by atoms with E-state index in [0.29, 0.717) is 18.2 Å². The number of nitro groups is 1. The molecule has 18 heavy (non-hydrogen) atoms. The van der Waals surface area contributed by atoms with Crippen LogP contribution in [0.5, 0.6) is 0 Å². The van der Waals surface area contributed by atoms with Gasteiger partial charge < -0.3 is 10.6 Å². The van der Waals surface area contributed by atoms with Crippen LogP contribution in [0, 0.1) is 23.0 Å². The van der Waals surface area contributed by atoms with E-state index in [-0.39, 0.29) is 17.5 Å². The molecular formula is C11H19N5O2. The summed E-state index contributed by atoms with van der Waals surface area (Å²) in [6.07, 6.45) is 0.998. The summed E-state index contributed by atoms with van der Waals surface area (Å²) < 4.78 is 0. The second-order valence-electron chi connectivity index (χ2n) is 4.49. The van der Waals surface area contributed by atoms with Gasteiger partial charge in [-0.25, -0.2) is 4.98 Å². The molecule has 0 saturated heterocycles. The third-order valence-electron chi connectivity index (χ3n) is 2.88. The minimum absolute atomic E-state index is 0.0594. The first-order valence-corrected chi connectivity index (χ1v) is 5.86. The molecule has 1 unspecified atom stereocenters. The van der Waals surface area contributed by atoms with Crippen molar-refractivity contribution in [3.63, 3.8) is 0 Å². The van der Waals surface area contributed by atoms with Gasteiger partial charge in [0.2, 0.25) is 11.8 Å². The van der Waals surface area contributed by atoms with Crippen molar-refractivity contribution < 1.29 is 4.92 Å². The second-order valence-corrected chi connectivity index (χ2v) is 4.49. The Kier molecular flexibility index (Phi) is 4.41. The van der Waals surface area contributed by atoms with Crippen LogP contribution in [0.2, 0.25) is 0 Å². The number of hydrogen-bond acceptors (Lipinski definition) is 6. The van der Waals surface area contributed by atoms with Crippen molar-refractivity contribution in [3.8, 4) is 0 Å². The number of rotatable bonds is 5. The fourth-order valence-electron chi connectivity index (χ4n) is 1.74. The fraction of sp³-hybridized carbons (Fsp3) is 0.636. The average Bonchev–Trinajstić information content (AvgIpc) is 2.26. The van der Waals surface area contributed by atoms with Gasteiger partial charge in [-0.1, -0.05) is 20.3 Å². The van der Waals surface area contributed by atoms with Gasteiger partial charge in [0.15, 0.2) is 0 Å². The highest BCUT2D eigenvalue weighted by Crippen LogP contribution is 2.28. The van der Waals surface area contributed by atoms with Crippen LogP contribution in [-0.2, 0) is 0 Å². The predicted octanol–water partition coefficient (Wildman–Crippen LogP) is 1.76. The van der Waals surface area contributed by atoms with E-state index < -0.39 is 4.92 Å². The molecule has 7 heteroatoms. The molecule has 1 atom stereocenters. The summed E-state index contributed by atoms with van der Waals surface area (Å²) in [4.78, 5) is 20.2. The second kappa shape index (κ2) is 5.61. The zero-order chi connectivity index (χ0) is 13.9. The quantitative estimate of drug-likeness (QED) is 0.634. The van der Waals surface area contributed by atoms with Crippen LogP contribution in [-0.4, -0.2) is 28.5 Å². The zero-order valence-electron chi connectivity index (χ0n) is 11.2. The van der Waals surface area contributed by atoms with Crippen LogP contribution in [0.4, 0.5) is 17.5 Å². The Morgan fingerprint density at radius 2 is 2.11 bits per heavy atom. The van der Waals surface area contributed by atoms with Crippen molar-refractivity contribution in [2.45, 2.75) is 27.2 Å². The lowest BCUT2D eigenvalue weighted by atomic mass is 10.1. The first-order valence-electron chi connectivity index (χ1n) is 5.86. The molecule has 0 amide bonds. The number of aromatic nitrogens is 2. The Labute approximate surface area is 106 Å². The minimum atomic E-state index is -0.461. The molecule has 0 aliphatic carbocycles. The number of hydrogen-bond donors (Lipinski definition) is 1. The van der Waals surface area contributed by atoms with E-state index in [1.165, 1.54) is 0 Å². The Morgan fingerprint density at radius 3 is 2.61 bits per heavy atom. The number of aryl methyl sites for hydroxylation is 1. The number of anilines is 2. The molecule has 100 valence electrons. The van der Waals surface area contributed by atoms with Crippen LogP contribution in [0.1, 0.15) is 26.0 Å². The van der Waals surface area contributed by atoms with Gasteiger partial charge in [0, 0.05) is 13.6 Å². The molecule has 1 heterocycles. The minimum Gasteiger partial charge on any atom is -0.368 e. The highest BCUT2D eigenvalue weighted by atomic mass is 16.6. The summed E-state index contributed by atoms with van der Waals surface area (Å²) in [5.74, 6) is 0.764. The molecule has 0 radical (unpaired) electrons. The molecule has 0 aliphatic heterocycles. The highest BCUT2D eigenvalue weighted by Gasteiger charge is 2.24. The van der Waals surface area contributed by atoms with E-state index in [9.17, 15) is 10.1 Å². The molecule has 0 fully saturated rings. The fourth-order valence-corrected chi connectivity index (χ4v) is 1.74. The molecule has 0 aliphatic rings. The molecule has 0 bridgehead atoms. The summed E-state index contributed by atoms with van der Waals surface area (Å²) in [6.45, 7) is 6.41. The zero-order valence-corrected chi connectivity index (χ0v) is 11.2. The Hall–Kier alpha value is -1.92. The van der Waals surface area contributed by atoms with Gasteiger partial charge in [0.1, 0.15) is 5.69 Å². The smallest absolute Gasteiger partial charge is 0.332 e. The first kappa shape index (κ1) is 14.1. The molecule has 0 saturated carbocycles. The predicted molar refractivity (Wildman–Crippen MR) is 70.6 cm³/mol. The van der Waals surface area contributed by atoms with Gasteiger partial charge in [-0.2, -0.15) is 4.98 Å². The Morgan fingerprint density at radius 1 is 1.50 bits per heavy atom. The standard InChI is InChI=1S/C11H19N5O2/c1-5-7(2)6-15(4)10-9(16(17)18)8(3)13-11(12)14-10/h7H,5-6H2,1-4H3,(H2,12,13,14). The SMILES string of the molecule is CCC(C)CN(C)c1nc(N)nc(C)c1[N+](=O)[O-]. The largest absolute Gasteiger partial charge is 0.368 e. The van der Waals surface area contributed by atoms with Gasteiger partial charge in [-0.05, 0) is 12.8 Å². The highest BCUT2D eigenvalue weighted by molar-refractivity contribution is 5.61. The maximum absolute atomic E-state index is 11.1. The third-order valence-corrected chi connectivity index (χ3v) is 2.88. The van der Waals surface area contributed by atoms with Crippen molar-refractivity contribution >= 4 is 17.5 Å². The molecule has 1 aromatic heterocycles. The maximum atomic E-state index is 11.1. The van der Waals surface area contributed by atoms with E-state index in [1.807, 2.05) is 0 Å². The lowest BCUT2D eigenvalue weighted by Gasteiger charge is -2.21. The van der Waals surface area contributed by atoms with Crippen molar-refractivity contribution in [2.24, 2.45) is 5.92 Å². The van der Waals surface area contributed by atoms with Gasteiger partial charge in [0.25, 0.3) is 0 Å². The van der Waals surface area contributed by atoms with E-state index >= 15 is 0 Å². The van der Waals surface area contributed by atoms with Gasteiger partial charge >= 0.3 is 5.69 Å². The molecule has 0 spiro atoms. The van der Waals surface area contributed by atoms with E-state index in [1.54, 1.807) is 18.9 Å². The number of nitrogens with two attached hydrogens (primary N) is 1. The Balaban J connectivity index is 3.17. The summed E-state index contributed by atoms with van der Waals surface area (Å²) >= 11 is 0. The maximum Gasteiger partial charge on any atom is 0.332 e. The Bertz CT molecular complexity index is 449. The van der Waals surface area contributed by atoms with Crippen molar-refractivity contribution in [1.29, 1.82) is 0 Å². The van der Waals surface area contributed by atoms with Crippen molar-refractivity contribution in [3.05, 3.63) is 15.8 Å². The average molecular weight is 253 g/mol. The van der Waals surface area contributed by atoms with E-state index in [4.69, 9.17) is 5.73 Å². The summed E-state index contributed by atoms with van der Waals surface area (Å²) in [6, 6.07) is 0. The van der Waals surface area contributed by atoms with Crippen LogP contribution >= 0.6 is 0 Å². The van der Waals surface area contributed by atoms with Gasteiger partial charge in [0.05, 0.1) is 4.92 Å². The molecule has 1 rings (SSSR count). The van der Waals surface area contributed by atoms with E-state index in [0.717, 1.165) is 6.42 Å². The first-order chi connectivity index (χ1) is 8.36. The topological polar surface area (TPSA) is 98.2 Å². The molecule has 1 aromatic rings. The van der Waals surface area contributed by atoms with Crippen LogP contribution in [0.15, 0.2) is 0 Å². The van der Waals surface area contributed by atoms with Crippen molar-refractivity contribution in [1.82, 2.24) is 9.97 Å². The number of nitrogen functional groups attached to an aromatic ring is 1. The normalized spacial score (nSPS) is 12.2. The monoisotopic (exact) mass is 253 g/mol. The van der Waals surface area contributed by atoms with Gasteiger partial charge in [-0.3, -0.25) is 10.1 Å². The molecule has 2 N–H and O–H groups in total. The lowest BCUT2D eigenvalue weighted by Crippen LogP contribution is -2.26. The van der Waals surface area contributed by atoms with Crippen molar-refractivity contribution in [2.75, 3.05) is 24.2 Å². The lowest BCUT2D eigenvalue weighted by molar-refractivity contribution is -0.385.